The second kappa shape index (κ2) is 13.3. The van der Waals surface area contributed by atoms with E-state index in [1.807, 2.05) is 75.4 Å². The summed E-state index contributed by atoms with van der Waals surface area (Å²) in [5.74, 6) is -0.338. The molecule has 0 aromatic heterocycles. The lowest BCUT2D eigenvalue weighted by Gasteiger charge is -2.34. The second-order valence-electron chi connectivity index (χ2n) is 9.85. The number of carbonyl (C=O) groups excluding carboxylic acids is 2. The van der Waals surface area contributed by atoms with Crippen molar-refractivity contribution in [3.05, 3.63) is 95.6 Å². The van der Waals surface area contributed by atoms with Crippen molar-refractivity contribution in [2.24, 2.45) is 0 Å². The smallest absolute Gasteiger partial charge is 0.244 e. The Hall–Kier alpha value is -3.85. The van der Waals surface area contributed by atoms with Crippen LogP contribution < -0.4 is 14.4 Å². The zero-order valence-electron chi connectivity index (χ0n) is 23.1. The second-order valence-corrected chi connectivity index (χ2v) is 11.8. The zero-order chi connectivity index (χ0) is 28.6. The fourth-order valence-corrected chi connectivity index (χ4v) is 5.16. The topological polar surface area (TPSA) is 96.0 Å². The Kier molecular flexibility index (Phi) is 10.1. The summed E-state index contributed by atoms with van der Waals surface area (Å²) >= 11 is 0. The predicted octanol–water partition coefficient (Wildman–Crippen LogP) is 3.93. The third kappa shape index (κ3) is 8.58. The third-order valence-electron chi connectivity index (χ3n) is 6.16. The van der Waals surface area contributed by atoms with Gasteiger partial charge in [0.15, 0.2) is 0 Å². The fourth-order valence-electron chi connectivity index (χ4n) is 4.32. The van der Waals surface area contributed by atoms with Gasteiger partial charge in [0.1, 0.15) is 18.3 Å². The Bertz CT molecular complexity index is 1380. The van der Waals surface area contributed by atoms with E-state index < -0.39 is 28.5 Å². The average molecular weight is 552 g/mol. The molecule has 9 heteroatoms. The van der Waals surface area contributed by atoms with Gasteiger partial charge in [0.2, 0.25) is 21.8 Å². The molecule has 0 spiro atoms. The SMILES string of the molecule is COc1cccc(N(CC(=O)N(Cc2cccc(C)c2)[C@@H](Cc2ccccc2)C(=O)NC(C)C)S(C)(=O)=O)c1. The van der Waals surface area contributed by atoms with Gasteiger partial charge in [-0.05, 0) is 44.0 Å². The lowest BCUT2D eigenvalue weighted by molar-refractivity contribution is -0.140. The van der Waals surface area contributed by atoms with E-state index in [4.69, 9.17) is 4.74 Å². The maximum absolute atomic E-state index is 14.0. The zero-order valence-corrected chi connectivity index (χ0v) is 23.9. The van der Waals surface area contributed by atoms with Crippen LogP contribution in [0, 0.1) is 6.92 Å². The summed E-state index contributed by atoms with van der Waals surface area (Å²) in [7, 11) is -2.36. The highest BCUT2D eigenvalue weighted by molar-refractivity contribution is 7.92. The van der Waals surface area contributed by atoms with Crippen molar-refractivity contribution in [1.82, 2.24) is 10.2 Å². The summed E-state index contributed by atoms with van der Waals surface area (Å²) in [4.78, 5) is 29.1. The summed E-state index contributed by atoms with van der Waals surface area (Å²) in [5, 5.41) is 2.94. The van der Waals surface area contributed by atoms with Gasteiger partial charge in [-0.1, -0.05) is 66.2 Å². The molecule has 2 amide bonds. The minimum Gasteiger partial charge on any atom is -0.497 e. The standard InChI is InChI=1S/C30H37N3O5S/c1-22(2)31-30(35)28(18-24-12-7-6-8-13-24)32(20-25-14-9-11-23(3)17-25)29(34)21-33(39(5,36)37)26-15-10-16-27(19-26)38-4/h6-17,19,22,28H,18,20-21H2,1-5H3,(H,31,35)/t28-/m0/s1. The number of nitrogens with zero attached hydrogens (tertiary/aromatic N) is 2. The Morgan fingerprint density at radius 2 is 1.59 bits per heavy atom. The number of hydrogen-bond acceptors (Lipinski definition) is 5. The number of sulfonamides is 1. The summed E-state index contributed by atoms with van der Waals surface area (Å²) in [6.45, 7) is 5.34. The Morgan fingerprint density at radius 3 is 2.21 bits per heavy atom. The van der Waals surface area contributed by atoms with Crippen molar-refractivity contribution in [3.8, 4) is 5.75 Å². The van der Waals surface area contributed by atoms with Crippen molar-refractivity contribution in [1.29, 1.82) is 0 Å². The molecule has 1 atom stereocenters. The van der Waals surface area contributed by atoms with Crippen molar-refractivity contribution in [3.63, 3.8) is 0 Å². The molecular weight excluding hydrogens is 514 g/mol. The lowest BCUT2D eigenvalue weighted by Crippen LogP contribution is -2.54. The van der Waals surface area contributed by atoms with E-state index in [1.165, 1.54) is 12.0 Å². The van der Waals surface area contributed by atoms with E-state index in [9.17, 15) is 18.0 Å². The highest BCUT2D eigenvalue weighted by Crippen LogP contribution is 2.24. The molecule has 0 unspecified atom stereocenters. The van der Waals surface area contributed by atoms with E-state index >= 15 is 0 Å². The molecule has 0 bridgehead atoms. The van der Waals surface area contributed by atoms with Gasteiger partial charge in [0, 0.05) is 25.1 Å². The van der Waals surface area contributed by atoms with E-state index in [0.29, 0.717) is 11.4 Å². The van der Waals surface area contributed by atoms with Crippen LogP contribution >= 0.6 is 0 Å². The molecule has 3 aromatic carbocycles. The summed E-state index contributed by atoms with van der Waals surface area (Å²) in [5.41, 5.74) is 3.04. The molecule has 8 nitrogen and oxygen atoms in total. The molecule has 0 radical (unpaired) electrons. The third-order valence-corrected chi connectivity index (χ3v) is 7.30. The van der Waals surface area contributed by atoms with Gasteiger partial charge < -0.3 is 15.0 Å². The quantitative estimate of drug-likeness (QED) is 0.368. The normalized spacial score (nSPS) is 12.1. The van der Waals surface area contributed by atoms with Crippen LogP contribution in [0.5, 0.6) is 5.75 Å². The van der Waals surface area contributed by atoms with Gasteiger partial charge in [0.25, 0.3) is 0 Å². The number of aryl methyl sites for hydroxylation is 1. The van der Waals surface area contributed by atoms with Crippen molar-refractivity contribution in [2.45, 2.75) is 45.8 Å². The van der Waals surface area contributed by atoms with Gasteiger partial charge in [-0.3, -0.25) is 13.9 Å². The highest BCUT2D eigenvalue weighted by atomic mass is 32.2. The van der Waals surface area contributed by atoms with Gasteiger partial charge in [-0.25, -0.2) is 8.42 Å². The Balaban J connectivity index is 2.06. The summed E-state index contributed by atoms with van der Waals surface area (Å²) in [6.07, 6.45) is 1.33. The molecule has 3 rings (SSSR count). The largest absolute Gasteiger partial charge is 0.497 e. The molecule has 208 valence electrons. The predicted molar refractivity (Wildman–Crippen MR) is 154 cm³/mol. The first-order valence-corrected chi connectivity index (χ1v) is 14.6. The minimum atomic E-state index is -3.85. The van der Waals surface area contributed by atoms with Crippen LogP contribution in [0.25, 0.3) is 0 Å². The van der Waals surface area contributed by atoms with Crippen LogP contribution in [-0.4, -0.2) is 57.1 Å². The number of carbonyl (C=O) groups is 2. The lowest BCUT2D eigenvalue weighted by atomic mass is 10.0. The number of anilines is 1. The van der Waals surface area contributed by atoms with Crippen LogP contribution in [0.1, 0.15) is 30.5 Å². The summed E-state index contributed by atoms with van der Waals surface area (Å²) in [6, 6.07) is 22.7. The molecule has 39 heavy (non-hydrogen) atoms. The molecule has 0 heterocycles. The number of rotatable bonds is 12. The number of benzene rings is 3. The first kappa shape index (κ1) is 29.7. The molecule has 0 saturated carbocycles. The first-order chi connectivity index (χ1) is 18.5. The molecule has 1 N–H and O–H groups in total. The molecular formula is C30H37N3O5S. The summed E-state index contributed by atoms with van der Waals surface area (Å²) < 4.78 is 32.0. The van der Waals surface area contributed by atoms with Crippen molar-refractivity contribution >= 4 is 27.5 Å². The number of methoxy groups -OCH3 is 1. The van der Waals surface area contributed by atoms with Crippen LogP contribution in [0.2, 0.25) is 0 Å². The first-order valence-electron chi connectivity index (χ1n) is 12.8. The highest BCUT2D eigenvalue weighted by Gasteiger charge is 2.33. The number of ether oxygens (including phenoxy) is 1. The fraction of sp³-hybridized carbons (Fsp3) is 0.333. The van der Waals surface area contributed by atoms with Gasteiger partial charge in [-0.15, -0.1) is 0 Å². The number of nitrogens with one attached hydrogen (secondary N) is 1. The molecule has 0 aliphatic heterocycles. The van der Waals surface area contributed by atoms with E-state index in [-0.39, 0.29) is 24.9 Å². The van der Waals surface area contributed by atoms with Crippen LogP contribution in [0.15, 0.2) is 78.9 Å². The average Bonchev–Trinajstić information content (AvgIpc) is 2.88. The van der Waals surface area contributed by atoms with Crippen molar-refractivity contribution < 1.29 is 22.7 Å². The maximum Gasteiger partial charge on any atom is 0.244 e. The molecule has 0 aliphatic rings. The molecule has 3 aromatic rings. The van der Waals surface area contributed by atoms with E-state index in [2.05, 4.69) is 5.32 Å². The maximum atomic E-state index is 14.0. The minimum absolute atomic E-state index is 0.138. The van der Waals surface area contributed by atoms with Gasteiger partial charge >= 0.3 is 0 Å². The number of hydrogen-bond donors (Lipinski definition) is 1. The Morgan fingerprint density at radius 1 is 0.923 bits per heavy atom. The van der Waals surface area contributed by atoms with Crippen LogP contribution in [0.3, 0.4) is 0 Å². The van der Waals surface area contributed by atoms with Gasteiger partial charge in [0.05, 0.1) is 19.1 Å². The molecule has 0 aliphatic carbocycles. The van der Waals surface area contributed by atoms with E-state index in [1.54, 1.807) is 24.3 Å². The monoisotopic (exact) mass is 551 g/mol. The van der Waals surface area contributed by atoms with Crippen LogP contribution in [0.4, 0.5) is 5.69 Å². The Labute approximate surface area is 231 Å². The molecule has 0 saturated heterocycles. The number of amides is 2. The molecule has 0 fully saturated rings. The van der Waals surface area contributed by atoms with E-state index in [0.717, 1.165) is 27.3 Å². The van der Waals surface area contributed by atoms with Crippen LogP contribution in [-0.2, 0) is 32.6 Å². The van der Waals surface area contributed by atoms with Gasteiger partial charge in [-0.2, -0.15) is 0 Å². The van der Waals surface area contributed by atoms with Crippen molar-refractivity contribution in [2.75, 3.05) is 24.2 Å².